The Kier molecular flexibility index (Phi) is 7.81. The van der Waals surface area contributed by atoms with Gasteiger partial charge in [0.25, 0.3) is 0 Å². The van der Waals surface area contributed by atoms with Crippen LogP contribution in [0.15, 0.2) is 0 Å². The molecule has 1 aliphatic heterocycles. The maximum atomic E-state index is 5.67. The summed E-state index contributed by atoms with van der Waals surface area (Å²) >= 11 is 0. The Morgan fingerprint density at radius 1 is 1.31 bits per heavy atom. The van der Waals surface area contributed by atoms with E-state index in [1.165, 1.54) is 25.7 Å². The van der Waals surface area contributed by atoms with Crippen LogP contribution >= 0.6 is 0 Å². The minimum atomic E-state index is 0.496. The highest BCUT2D eigenvalue weighted by atomic mass is 16.5. The molecular formula is C13H28N2O. The number of ether oxygens (including phenoxy) is 1. The average molecular weight is 228 g/mol. The lowest BCUT2D eigenvalue weighted by molar-refractivity contribution is 0.0751. The van der Waals surface area contributed by atoms with Crippen LogP contribution in [-0.4, -0.2) is 50.3 Å². The van der Waals surface area contributed by atoms with Gasteiger partial charge in [-0.1, -0.05) is 20.3 Å². The van der Waals surface area contributed by atoms with Crippen LogP contribution in [0.3, 0.4) is 0 Å². The van der Waals surface area contributed by atoms with Crippen LogP contribution in [0.1, 0.15) is 39.5 Å². The fourth-order valence-electron chi connectivity index (χ4n) is 2.12. The minimum absolute atomic E-state index is 0.496. The fourth-order valence-corrected chi connectivity index (χ4v) is 2.12. The molecule has 0 aromatic carbocycles. The molecule has 1 unspecified atom stereocenters. The normalized spacial score (nSPS) is 20.8. The lowest BCUT2D eigenvalue weighted by atomic mass is 10.2. The monoisotopic (exact) mass is 228 g/mol. The van der Waals surface area contributed by atoms with Crippen molar-refractivity contribution in [3.05, 3.63) is 0 Å². The Morgan fingerprint density at radius 2 is 2.19 bits per heavy atom. The first kappa shape index (κ1) is 13.9. The van der Waals surface area contributed by atoms with E-state index in [-0.39, 0.29) is 0 Å². The molecule has 0 aromatic heterocycles. The van der Waals surface area contributed by atoms with Crippen LogP contribution < -0.4 is 5.32 Å². The molecular weight excluding hydrogens is 200 g/mol. The number of hydrogen-bond acceptors (Lipinski definition) is 3. The molecule has 1 atom stereocenters. The Morgan fingerprint density at radius 3 is 2.81 bits per heavy atom. The number of rotatable bonds is 9. The van der Waals surface area contributed by atoms with Gasteiger partial charge in [-0.15, -0.1) is 0 Å². The van der Waals surface area contributed by atoms with Crippen molar-refractivity contribution in [3.63, 3.8) is 0 Å². The molecule has 1 rings (SSSR count). The van der Waals surface area contributed by atoms with E-state index in [0.717, 1.165) is 39.3 Å². The van der Waals surface area contributed by atoms with E-state index in [1.54, 1.807) is 0 Å². The van der Waals surface area contributed by atoms with Crippen molar-refractivity contribution in [1.29, 1.82) is 0 Å². The van der Waals surface area contributed by atoms with Crippen LogP contribution in [0.4, 0.5) is 0 Å². The van der Waals surface area contributed by atoms with Crippen LogP contribution in [0, 0.1) is 0 Å². The Hall–Kier alpha value is -0.120. The molecule has 1 fully saturated rings. The van der Waals surface area contributed by atoms with Gasteiger partial charge in [0.05, 0.1) is 6.10 Å². The van der Waals surface area contributed by atoms with Gasteiger partial charge in [0.1, 0.15) is 0 Å². The smallest absolute Gasteiger partial charge is 0.0702 e. The quantitative estimate of drug-likeness (QED) is 0.610. The number of hydrogen-bond donors (Lipinski definition) is 1. The summed E-state index contributed by atoms with van der Waals surface area (Å²) < 4.78 is 5.67. The molecule has 1 aliphatic rings. The number of nitrogens with zero attached hydrogens (tertiary/aromatic N) is 1. The molecule has 96 valence electrons. The molecule has 3 nitrogen and oxygen atoms in total. The fraction of sp³-hybridized carbons (Fsp3) is 1.00. The third-order valence-electron chi connectivity index (χ3n) is 3.24. The van der Waals surface area contributed by atoms with Gasteiger partial charge >= 0.3 is 0 Å². The minimum Gasteiger partial charge on any atom is -0.377 e. The number of likely N-dealkylation sites (N-methyl/N-ethyl adjacent to an activating group) is 1. The van der Waals surface area contributed by atoms with Crippen LogP contribution in [0.2, 0.25) is 0 Å². The second kappa shape index (κ2) is 8.97. The first-order chi connectivity index (χ1) is 7.86. The number of nitrogens with one attached hydrogen (secondary N) is 1. The van der Waals surface area contributed by atoms with Crippen molar-refractivity contribution in [3.8, 4) is 0 Å². The third-order valence-corrected chi connectivity index (χ3v) is 3.24. The molecule has 1 N–H and O–H groups in total. The topological polar surface area (TPSA) is 24.5 Å². The predicted octanol–water partition coefficient (Wildman–Crippen LogP) is 1.88. The summed E-state index contributed by atoms with van der Waals surface area (Å²) in [6, 6.07) is 0. The molecule has 0 saturated carbocycles. The molecule has 1 saturated heterocycles. The first-order valence-corrected chi connectivity index (χ1v) is 6.91. The first-order valence-electron chi connectivity index (χ1n) is 6.91. The van der Waals surface area contributed by atoms with Crippen molar-refractivity contribution >= 4 is 0 Å². The van der Waals surface area contributed by atoms with E-state index >= 15 is 0 Å². The standard InChI is InChI=1S/C13H28N2O/c1-3-5-8-14-9-10-15(4-2)12-13-7-6-11-16-13/h13-14H,3-12H2,1-2H3. The zero-order chi connectivity index (χ0) is 11.6. The van der Waals surface area contributed by atoms with E-state index < -0.39 is 0 Å². The Balaban J connectivity index is 2.01. The van der Waals surface area contributed by atoms with Crippen LogP contribution in [0.25, 0.3) is 0 Å². The molecule has 0 radical (unpaired) electrons. The van der Waals surface area contributed by atoms with Gasteiger partial charge < -0.3 is 10.1 Å². The molecule has 0 bridgehead atoms. The van der Waals surface area contributed by atoms with Crippen molar-refractivity contribution in [2.75, 3.05) is 39.3 Å². The highest BCUT2D eigenvalue weighted by molar-refractivity contribution is 4.70. The molecule has 0 aromatic rings. The second-order valence-corrected chi connectivity index (χ2v) is 4.63. The lowest BCUT2D eigenvalue weighted by Crippen LogP contribution is -2.37. The van der Waals surface area contributed by atoms with Crippen molar-refractivity contribution in [1.82, 2.24) is 10.2 Å². The van der Waals surface area contributed by atoms with Gasteiger partial charge in [-0.3, -0.25) is 4.90 Å². The van der Waals surface area contributed by atoms with Crippen LogP contribution in [0.5, 0.6) is 0 Å². The zero-order valence-electron chi connectivity index (χ0n) is 11.0. The van der Waals surface area contributed by atoms with E-state index in [1.807, 2.05) is 0 Å². The van der Waals surface area contributed by atoms with E-state index in [0.29, 0.717) is 6.10 Å². The summed E-state index contributed by atoms with van der Waals surface area (Å²) in [7, 11) is 0. The molecule has 1 heterocycles. The largest absolute Gasteiger partial charge is 0.377 e. The molecule has 3 heteroatoms. The van der Waals surface area contributed by atoms with E-state index in [4.69, 9.17) is 4.74 Å². The maximum Gasteiger partial charge on any atom is 0.0702 e. The summed E-state index contributed by atoms with van der Waals surface area (Å²) in [4.78, 5) is 2.49. The summed E-state index contributed by atoms with van der Waals surface area (Å²) in [6.45, 7) is 11.1. The van der Waals surface area contributed by atoms with Gasteiger partial charge in [0.15, 0.2) is 0 Å². The lowest BCUT2D eigenvalue weighted by Gasteiger charge is -2.23. The van der Waals surface area contributed by atoms with Gasteiger partial charge in [-0.25, -0.2) is 0 Å². The SMILES string of the molecule is CCCCNCCN(CC)CC1CCCO1. The van der Waals surface area contributed by atoms with Crippen LogP contribution in [-0.2, 0) is 4.74 Å². The maximum absolute atomic E-state index is 5.67. The summed E-state index contributed by atoms with van der Waals surface area (Å²) in [5.41, 5.74) is 0. The Bertz CT molecular complexity index is 158. The van der Waals surface area contributed by atoms with E-state index in [2.05, 4.69) is 24.1 Å². The van der Waals surface area contributed by atoms with Gasteiger partial charge in [-0.05, 0) is 32.4 Å². The van der Waals surface area contributed by atoms with Crippen molar-refractivity contribution in [2.24, 2.45) is 0 Å². The van der Waals surface area contributed by atoms with Gasteiger partial charge in [0.2, 0.25) is 0 Å². The average Bonchev–Trinajstić information content (AvgIpc) is 2.80. The van der Waals surface area contributed by atoms with Crippen molar-refractivity contribution < 1.29 is 4.74 Å². The second-order valence-electron chi connectivity index (χ2n) is 4.63. The van der Waals surface area contributed by atoms with E-state index in [9.17, 15) is 0 Å². The Labute approximate surface area is 101 Å². The molecule has 0 spiro atoms. The number of unbranched alkanes of at least 4 members (excludes halogenated alkanes) is 1. The van der Waals surface area contributed by atoms with Gasteiger partial charge in [-0.2, -0.15) is 0 Å². The highest BCUT2D eigenvalue weighted by Gasteiger charge is 2.17. The molecule has 16 heavy (non-hydrogen) atoms. The van der Waals surface area contributed by atoms with Crippen molar-refractivity contribution in [2.45, 2.75) is 45.6 Å². The highest BCUT2D eigenvalue weighted by Crippen LogP contribution is 2.12. The summed E-state index contributed by atoms with van der Waals surface area (Å²) in [5.74, 6) is 0. The summed E-state index contributed by atoms with van der Waals surface area (Å²) in [5, 5.41) is 3.49. The molecule has 0 aliphatic carbocycles. The third kappa shape index (κ3) is 5.83. The molecule has 0 amide bonds. The zero-order valence-corrected chi connectivity index (χ0v) is 11.0. The van der Waals surface area contributed by atoms with Gasteiger partial charge in [0, 0.05) is 26.2 Å². The predicted molar refractivity (Wildman–Crippen MR) is 68.9 cm³/mol. The summed E-state index contributed by atoms with van der Waals surface area (Å²) in [6.07, 6.45) is 5.56.